The first kappa shape index (κ1) is 20.1. The first-order valence-electron chi connectivity index (χ1n) is 9.93. The van der Waals surface area contributed by atoms with E-state index in [0.29, 0.717) is 18.7 Å². The molecule has 5 heteroatoms. The summed E-state index contributed by atoms with van der Waals surface area (Å²) in [6.45, 7) is 8.55. The van der Waals surface area contributed by atoms with E-state index in [1.54, 1.807) is 0 Å². The molecule has 1 aliphatic rings. The van der Waals surface area contributed by atoms with Gasteiger partial charge in [-0.15, -0.1) is 0 Å². The van der Waals surface area contributed by atoms with Crippen molar-refractivity contribution in [3.63, 3.8) is 0 Å². The third-order valence-electron chi connectivity index (χ3n) is 5.26. The molecule has 0 unspecified atom stereocenters. The van der Waals surface area contributed by atoms with Crippen LogP contribution in [0.4, 0.5) is 0 Å². The third-order valence-corrected chi connectivity index (χ3v) is 5.26. The van der Waals surface area contributed by atoms with Crippen molar-refractivity contribution in [3.8, 4) is 6.07 Å². The molecule has 1 amide bonds. The van der Waals surface area contributed by atoms with Gasteiger partial charge in [0.15, 0.2) is 0 Å². The van der Waals surface area contributed by atoms with Gasteiger partial charge in [0.25, 0.3) is 0 Å². The highest BCUT2D eigenvalue weighted by atomic mass is 16.2. The SMILES string of the molecule is CCN(Cc1ccccc1)C(=O)CN1CCN(Cc2ccc(C#N)cc2)CC1. The fraction of sp³-hybridized carbons (Fsp3) is 0.391. The first-order chi connectivity index (χ1) is 13.7. The normalized spacial score (nSPS) is 15.1. The molecule has 0 atom stereocenters. The smallest absolute Gasteiger partial charge is 0.237 e. The van der Waals surface area contributed by atoms with Crippen molar-refractivity contribution in [2.75, 3.05) is 39.3 Å². The van der Waals surface area contributed by atoms with Gasteiger partial charge >= 0.3 is 0 Å². The number of rotatable bonds is 7. The minimum absolute atomic E-state index is 0.201. The van der Waals surface area contributed by atoms with Crippen molar-refractivity contribution in [3.05, 3.63) is 71.3 Å². The summed E-state index contributed by atoms with van der Waals surface area (Å²) in [5, 5.41) is 8.89. The number of amides is 1. The maximum absolute atomic E-state index is 12.7. The van der Waals surface area contributed by atoms with Crippen LogP contribution in [0, 0.1) is 11.3 Å². The summed E-state index contributed by atoms with van der Waals surface area (Å²) >= 11 is 0. The third kappa shape index (κ3) is 5.66. The van der Waals surface area contributed by atoms with E-state index in [9.17, 15) is 4.79 Å². The Labute approximate surface area is 167 Å². The van der Waals surface area contributed by atoms with Gasteiger partial charge in [-0.05, 0) is 30.2 Å². The minimum Gasteiger partial charge on any atom is -0.338 e. The van der Waals surface area contributed by atoms with E-state index < -0.39 is 0 Å². The van der Waals surface area contributed by atoms with Crippen LogP contribution in [-0.4, -0.2) is 59.9 Å². The van der Waals surface area contributed by atoms with E-state index in [4.69, 9.17) is 5.26 Å². The van der Waals surface area contributed by atoms with Gasteiger partial charge in [0.1, 0.15) is 0 Å². The second-order valence-corrected chi connectivity index (χ2v) is 7.25. The number of likely N-dealkylation sites (N-methyl/N-ethyl adjacent to an activating group) is 1. The largest absolute Gasteiger partial charge is 0.338 e. The average Bonchev–Trinajstić information content (AvgIpc) is 2.74. The molecule has 0 radical (unpaired) electrons. The molecule has 2 aromatic rings. The molecule has 0 aliphatic carbocycles. The Kier molecular flexibility index (Phi) is 7.18. The molecular weight excluding hydrogens is 348 g/mol. The summed E-state index contributed by atoms with van der Waals surface area (Å²) in [5.74, 6) is 0.201. The second kappa shape index (κ2) is 10.0. The van der Waals surface area contributed by atoms with Crippen molar-refractivity contribution < 1.29 is 4.79 Å². The lowest BCUT2D eigenvalue weighted by Gasteiger charge is -2.35. The summed E-state index contributed by atoms with van der Waals surface area (Å²) in [7, 11) is 0. The Morgan fingerprint density at radius 2 is 1.61 bits per heavy atom. The zero-order valence-corrected chi connectivity index (χ0v) is 16.6. The zero-order valence-electron chi connectivity index (χ0n) is 16.6. The number of carbonyl (C=O) groups excluding carboxylic acids is 1. The lowest BCUT2D eigenvalue weighted by atomic mass is 10.1. The van der Waals surface area contributed by atoms with Gasteiger partial charge in [-0.2, -0.15) is 5.26 Å². The van der Waals surface area contributed by atoms with Gasteiger partial charge in [0.2, 0.25) is 5.91 Å². The molecule has 1 aliphatic heterocycles. The van der Waals surface area contributed by atoms with Crippen LogP contribution < -0.4 is 0 Å². The van der Waals surface area contributed by atoms with Crippen LogP contribution in [0.2, 0.25) is 0 Å². The summed E-state index contributed by atoms with van der Waals surface area (Å²) in [6, 6.07) is 20.1. The number of piperazine rings is 1. The molecule has 1 saturated heterocycles. The lowest BCUT2D eigenvalue weighted by molar-refractivity contribution is -0.133. The molecule has 0 bridgehead atoms. The highest BCUT2D eigenvalue weighted by Gasteiger charge is 2.21. The number of nitriles is 1. The fourth-order valence-electron chi connectivity index (χ4n) is 3.52. The van der Waals surface area contributed by atoms with Crippen LogP contribution in [0.1, 0.15) is 23.6 Å². The van der Waals surface area contributed by atoms with E-state index in [2.05, 4.69) is 28.0 Å². The van der Waals surface area contributed by atoms with Gasteiger partial charge in [-0.25, -0.2) is 0 Å². The molecule has 3 rings (SSSR count). The molecule has 0 aromatic heterocycles. The van der Waals surface area contributed by atoms with Gasteiger partial charge in [0, 0.05) is 45.8 Å². The number of carbonyl (C=O) groups is 1. The Bertz CT molecular complexity index is 790. The van der Waals surface area contributed by atoms with Crippen molar-refractivity contribution >= 4 is 5.91 Å². The van der Waals surface area contributed by atoms with Crippen molar-refractivity contribution in [2.45, 2.75) is 20.0 Å². The first-order valence-corrected chi connectivity index (χ1v) is 9.93. The monoisotopic (exact) mass is 376 g/mol. The molecule has 0 N–H and O–H groups in total. The zero-order chi connectivity index (χ0) is 19.8. The second-order valence-electron chi connectivity index (χ2n) is 7.25. The standard InChI is InChI=1S/C23H28N4O/c1-2-27(18-21-6-4-3-5-7-21)23(28)19-26-14-12-25(13-15-26)17-22-10-8-20(16-24)9-11-22/h3-11H,2,12-15,17-19H2,1H3. The highest BCUT2D eigenvalue weighted by molar-refractivity contribution is 5.78. The molecule has 28 heavy (non-hydrogen) atoms. The summed E-state index contributed by atoms with van der Waals surface area (Å²) in [5.41, 5.74) is 3.09. The van der Waals surface area contributed by atoms with Crippen LogP contribution in [0.5, 0.6) is 0 Å². The minimum atomic E-state index is 0.201. The van der Waals surface area contributed by atoms with Crippen LogP contribution in [0.15, 0.2) is 54.6 Å². The van der Waals surface area contributed by atoms with Crippen LogP contribution in [0.25, 0.3) is 0 Å². The van der Waals surface area contributed by atoms with Gasteiger partial charge in [0.05, 0.1) is 18.2 Å². The van der Waals surface area contributed by atoms with Crippen LogP contribution in [0.3, 0.4) is 0 Å². The number of hydrogen-bond donors (Lipinski definition) is 0. The van der Waals surface area contributed by atoms with Crippen LogP contribution in [-0.2, 0) is 17.9 Å². The number of benzene rings is 2. The maximum Gasteiger partial charge on any atom is 0.237 e. The van der Waals surface area contributed by atoms with Gasteiger partial charge in [-0.1, -0.05) is 42.5 Å². The molecule has 146 valence electrons. The Balaban J connectivity index is 1.45. The predicted octanol–water partition coefficient (Wildman–Crippen LogP) is 2.72. The summed E-state index contributed by atoms with van der Waals surface area (Å²) in [4.78, 5) is 19.3. The lowest BCUT2D eigenvalue weighted by Crippen LogP contribution is -2.49. The van der Waals surface area contributed by atoms with E-state index >= 15 is 0 Å². The highest BCUT2D eigenvalue weighted by Crippen LogP contribution is 2.11. The van der Waals surface area contributed by atoms with E-state index in [0.717, 1.165) is 39.3 Å². The van der Waals surface area contributed by atoms with Crippen molar-refractivity contribution in [1.29, 1.82) is 5.26 Å². The van der Waals surface area contributed by atoms with E-state index in [1.165, 1.54) is 11.1 Å². The predicted molar refractivity (Wildman–Crippen MR) is 110 cm³/mol. The summed E-state index contributed by atoms with van der Waals surface area (Å²) < 4.78 is 0. The Morgan fingerprint density at radius 1 is 0.964 bits per heavy atom. The van der Waals surface area contributed by atoms with E-state index in [1.807, 2.05) is 54.3 Å². The summed E-state index contributed by atoms with van der Waals surface area (Å²) in [6.07, 6.45) is 0. The van der Waals surface area contributed by atoms with Crippen molar-refractivity contribution in [1.82, 2.24) is 14.7 Å². The molecule has 1 fully saturated rings. The number of hydrogen-bond acceptors (Lipinski definition) is 4. The van der Waals surface area contributed by atoms with Gasteiger partial charge in [-0.3, -0.25) is 14.6 Å². The van der Waals surface area contributed by atoms with Crippen LogP contribution >= 0.6 is 0 Å². The molecule has 0 spiro atoms. The fourth-order valence-corrected chi connectivity index (χ4v) is 3.52. The Morgan fingerprint density at radius 3 is 2.21 bits per heavy atom. The quantitative estimate of drug-likeness (QED) is 0.746. The number of nitrogens with zero attached hydrogens (tertiary/aromatic N) is 4. The average molecular weight is 377 g/mol. The van der Waals surface area contributed by atoms with E-state index in [-0.39, 0.29) is 5.91 Å². The molecule has 0 saturated carbocycles. The van der Waals surface area contributed by atoms with Gasteiger partial charge < -0.3 is 4.90 Å². The maximum atomic E-state index is 12.7. The topological polar surface area (TPSA) is 50.6 Å². The molecule has 1 heterocycles. The Hall–Kier alpha value is -2.68. The van der Waals surface area contributed by atoms with Crippen molar-refractivity contribution in [2.24, 2.45) is 0 Å². The molecular formula is C23H28N4O. The molecule has 2 aromatic carbocycles. The molecule has 5 nitrogen and oxygen atoms in total.